The van der Waals surface area contributed by atoms with Crippen LogP contribution in [0.2, 0.25) is 0 Å². The number of ether oxygens (including phenoxy) is 1. The largest absolute Gasteiger partial charge is 0.456 e. The Hall–Kier alpha value is -5.20. The summed E-state index contributed by atoms with van der Waals surface area (Å²) in [5.41, 5.74) is 21.4. The molecule has 0 amide bonds. The summed E-state index contributed by atoms with van der Waals surface area (Å²) in [5, 5.41) is 0. The molecule has 0 spiro atoms. The van der Waals surface area contributed by atoms with E-state index < -0.39 is 0 Å². The quantitative estimate of drug-likeness (QED) is 0.185. The van der Waals surface area contributed by atoms with Crippen LogP contribution in [0, 0.1) is 20.8 Å². The van der Waals surface area contributed by atoms with Gasteiger partial charge in [-0.3, -0.25) is 4.90 Å². The van der Waals surface area contributed by atoms with E-state index in [2.05, 4.69) is 144 Å². The molecule has 3 aromatic heterocycles. The van der Waals surface area contributed by atoms with Crippen molar-refractivity contribution in [2.75, 3.05) is 13.6 Å². The molecule has 1 saturated heterocycles. The second kappa shape index (κ2) is 13.7. The fraction of sp³-hybridized carbons (Fsp3) is 0.319. The summed E-state index contributed by atoms with van der Waals surface area (Å²) in [6.45, 7) is 18.8. The number of H-pyrrole nitrogens is 2. The number of nitrogens with one attached hydrogen (secondary N) is 2. The van der Waals surface area contributed by atoms with E-state index in [0.29, 0.717) is 6.04 Å². The van der Waals surface area contributed by atoms with Crippen molar-refractivity contribution in [3.05, 3.63) is 117 Å². The molecule has 2 N–H and O–H groups in total. The van der Waals surface area contributed by atoms with E-state index in [9.17, 15) is 0 Å². The highest BCUT2D eigenvalue weighted by Crippen LogP contribution is 2.45. The first kappa shape index (κ1) is 34.9. The Labute approximate surface area is 313 Å². The lowest BCUT2D eigenvalue weighted by atomic mass is 9.96. The van der Waals surface area contributed by atoms with Gasteiger partial charge in [-0.2, -0.15) is 0 Å². The maximum Gasteiger partial charge on any atom is 0.135 e. The van der Waals surface area contributed by atoms with Crippen LogP contribution in [0.5, 0.6) is 11.5 Å². The number of para-hydroxylation sites is 2. The fourth-order valence-corrected chi connectivity index (χ4v) is 8.71. The Morgan fingerprint density at radius 2 is 1.38 bits per heavy atom. The predicted molar refractivity (Wildman–Crippen MR) is 222 cm³/mol. The van der Waals surface area contributed by atoms with Crippen LogP contribution in [0.25, 0.3) is 55.5 Å². The van der Waals surface area contributed by atoms with Gasteiger partial charge in [0, 0.05) is 39.3 Å². The molecule has 1 unspecified atom stereocenters. The topological polar surface area (TPSA) is 69.8 Å². The first-order chi connectivity index (χ1) is 25.6. The van der Waals surface area contributed by atoms with Crippen molar-refractivity contribution in [1.29, 1.82) is 0 Å². The molecule has 1 fully saturated rings. The number of benzene rings is 2. The van der Waals surface area contributed by atoms with Crippen LogP contribution >= 0.6 is 0 Å². The van der Waals surface area contributed by atoms with Crippen LogP contribution in [0.3, 0.4) is 0 Å². The second-order valence-electron chi connectivity index (χ2n) is 15.1. The SMILES string of the molecule is CCC1=C(C)c2cc3[nH]c(c(C)c3C)c(-c3ccccc3Oc3ccccc3C3CCCN3C)c3nc(cc4[nH]c(cc1n2)c(CC)c4C)C(C)=C3C. The summed E-state index contributed by atoms with van der Waals surface area (Å²) in [7, 11) is 2.22. The third kappa shape index (κ3) is 5.84. The van der Waals surface area contributed by atoms with E-state index >= 15 is 0 Å². The minimum absolute atomic E-state index is 0.338. The van der Waals surface area contributed by atoms with Crippen molar-refractivity contribution in [3.8, 4) is 22.6 Å². The van der Waals surface area contributed by atoms with Crippen LogP contribution in [-0.2, 0) is 6.42 Å². The van der Waals surface area contributed by atoms with Gasteiger partial charge in [0.25, 0.3) is 0 Å². The third-order valence-corrected chi connectivity index (χ3v) is 12.2. The Kier molecular flexibility index (Phi) is 8.98. The summed E-state index contributed by atoms with van der Waals surface area (Å²) in [6, 6.07) is 24.1. The van der Waals surface area contributed by atoms with E-state index in [-0.39, 0.29) is 0 Å². The second-order valence-corrected chi connectivity index (χ2v) is 15.1. The maximum absolute atomic E-state index is 7.03. The van der Waals surface area contributed by atoms with Crippen molar-refractivity contribution < 1.29 is 4.74 Å². The number of allylic oxidation sites excluding steroid dienone is 4. The highest BCUT2D eigenvalue weighted by Gasteiger charge is 2.27. The number of aryl methyl sites for hydroxylation is 4. The molecule has 8 rings (SSSR count). The fourth-order valence-electron chi connectivity index (χ4n) is 8.71. The van der Waals surface area contributed by atoms with Crippen LogP contribution < -0.4 is 4.74 Å². The number of likely N-dealkylation sites (tertiary alicyclic amines) is 1. The molecule has 3 aliphatic heterocycles. The monoisotopic (exact) mass is 701 g/mol. The van der Waals surface area contributed by atoms with Gasteiger partial charge in [0.05, 0.1) is 28.3 Å². The molecule has 3 aliphatic rings. The van der Waals surface area contributed by atoms with E-state index in [0.717, 1.165) is 98.8 Å². The summed E-state index contributed by atoms with van der Waals surface area (Å²) in [6.07, 6.45) is 4.17. The highest BCUT2D eigenvalue weighted by atomic mass is 16.5. The molecule has 6 heterocycles. The zero-order valence-electron chi connectivity index (χ0n) is 32.7. The first-order valence-electron chi connectivity index (χ1n) is 19.3. The first-order valence-corrected chi connectivity index (χ1v) is 19.3. The van der Waals surface area contributed by atoms with Gasteiger partial charge in [0.15, 0.2) is 0 Å². The normalized spacial score (nSPS) is 16.3. The van der Waals surface area contributed by atoms with Crippen molar-refractivity contribution in [2.24, 2.45) is 0 Å². The van der Waals surface area contributed by atoms with Crippen molar-refractivity contribution in [3.63, 3.8) is 0 Å². The molecular weight excluding hydrogens is 651 g/mol. The molecule has 5 aromatic rings. The molecule has 53 heavy (non-hydrogen) atoms. The Morgan fingerprint density at radius 1 is 0.698 bits per heavy atom. The van der Waals surface area contributed by atoms with Gasteiger partial charge in [-0.1, -0.05) is 50.2 Å². The molecule has 0 saturated carbocycles. The minimum atomic E-state index is 0.338. The molecule has 6 heteroatoms. The number of hydrogen-bond acceptors (Lipinski definition) is 4. The van der Waals surface area contributed by atoms with Gasteiger partial charge in [0.1, 0.15) is 11.5 Å². The number of fused-ring (bicyclic) bond motifs is 8. The van der Waals surface area contributed by atoms with E-state index in [1.54, 1.807) is 0 Å². The zero-order valence-corrected chi connectivity index (χ0v) is 32.7. The predicted octanol–water partition coefficient (Wildman–Crippen LogP) is 12.3. The average molecular weight is 702 g/mol. The summed E-state index contributed by atoms with van der Waals surface area (Å²) in [5.74, 6) is 1.71. The lowest BCUT2D eigenvalue weighted by Gasteiger charge is -2.23. The van der Waals surface area contributed by atoms with Crippen molar-refractivity contribution in [1.82, 2.24) is 24.8 Å². The van der Waals surface area contributed by atoms with E-state index in [4.69, 9.17) is 14.7 Å². The van der Waals surface area contributed by atoms with Gasteiger partial charge < -0.3 is 14.7 Å². The van der Waals surface area contributed by atoms with Gasteiger partial charge >= 0.3 is 0 Å². The zero-order chi connectivity index (χ0) is 37.1. The van der Waals surface area contributed by atoms with Crippen LogP contribution in [0.4, 0.5) is 0 Å². The summed E-state index contributed by atoms with van der Waals surface area (Å²) < 4.78 is 7.03. The maximum atomic E-state index is 7.03. The van der Waals surface area contributed by atoms with Crippen molar-refractivity contribution >= 4 is 44.4 Å². The summed E-state index contributed by atoms with van der Waals surface area (Å²) >= 11 is 0. The lowest BCUT2D eigenvalue weighted by Crippen LogP contribution is -2.17. The molecule has 270 valence electrons. The molecule has 1 atom stereocenters. The number of rotatable bonds is 6. The number of aromatic nitrogens is 4. The average Bonchev–Trinajstić information content (AvgIpc) is 3.93. The minimum Gasteiger partial charge on any atom is -0.456 e. The standard InChI is InChI=1S/C47H51N5O/c1-10-32-30(7)38-23-36-26(3)28(5)46(50-36)45(35-18-13-15-21-44(35)53-43-20-14-12-17-34(43)42-19-16-22-52(42)9)47-29(6)27(4)37(51-47)24-39-31(8)33(11-2)41(49-39)25-40(32)48-38/h12-15,17-18,20-21,23-25,42,48,51H,10-11,16,19,22H2,1-9H3. The van der Waals surface area contributed by atoms with Gasteiger partial charge in [-0.25, -0.2) is 9.97 Å². The van der Waals surface area contributed by atoms with Gasteiger partial charge in [-0.15, -0.1) is 0 Å². The van der Waals surface area contributed by atoms with Crippen LogP contribution in [-0.4, -0.2) is 38.4 Å². The molecule has 8 bridgehead atoms. The molecule has 0 aliphatic carbocycles. The lowest BCUT2D eigenvalue weighted by molar-refractivity contribution is 0.310. The van der Waals surface area contributed by atoms with Gasteiger partial charge in [0.2, 0.25) is 0 Å². The smallest absolute Gasteiger partial charge is 0.135 e. The molecular formula is C47H51N5O. The Morgan fingerprint density at radius 3 is 2.09 bits per heavy atom. The number of hydrogen-bond donors (Lipinski definition) is 2. The molecule has 6 nitrogen and oxygen atoms in total. The summed E-state index contributed by atoms with van der Waals surface area (Å²) in [4.78, 5) is 20.9. The number of aromatic amines is 2. The number of nitrogens with zero attached hydrogens (tertiary/aromatic N) is 3. The van der Waals surface area contributed by atoms with E-state index in [1.807, 2.05) is 0 Å². The van der Waals surface area contributed by atoms with Gasteiger partial charge in [-0.05, 0) is 156 Å². The van der Waals surface area contributed by atoms with Crippen LogP contribution in [0.15, 0.2) is 66.7 Å². The third-order valence-electron chi connectivity index (χ3n) is 12.2. The van der Waals surface area contributed by atoms with Crippen molar-refractivity contribution in [2.45, 2.75) is 87.1 Å². The highest BCUT2D eigenvalue weighted by molar-refractivity contribution is 6.02. The molecule has 0 radical (unpaired) electrons. The Bertz CT molecular complexity index is 2530. The van der Waals surface area contributed by atoms with Crippen LogP contribution in [0.1, 0.15) is 111 Å². The molecule has 2 aromatic carbocycles. The van der Waals surface area contributed by atoms with E-state index in [1.165, 1.54) is 51.0 Å². The Balaban J connectivity index is 1.47.